The monoisotopic (exact) mass is 408 g/mol. The van der Waals surface area contributed by atoms with Crippen LogP contribution in [0.25, 0.3) is 0 Å². The topological polar surface area (TPSA) is 74.8 Å². The van der Waals surface area contributed by atoms with Crippen LogP contribution in [0.15, 0.2) is 90.1 Å². The van der Waals surface area contributed by atoms with Crippen LogP contribution in [0, 0.1) is 6.92 Å². The molecule has 0 fully saturated rings. The molecule has 0 spiro atoms. The standard InChI is InChI=1S/C25H16N2O4/c1-15-11-13-16(14-12-15)22(28)20-21-24(30)26(17-7-3-2-4-8-17)18-9-5-6-10-19(18)27(21)25(31)23(20)29/h2-14H,1H3. The van der Waals surface area contributed by atoms with Crippen LogP contribution >= 0.6 is 0 Å². The highest BCUT2D eigenvalue weighted by Crippen LogP contribution is 2.45. The van der Waals surface area contributed by atoms with Gasteiger partial charge < -0.3 is 0 Å². The Labute approximate surface area is 178 Å². The Morgan fingerprint density at radius 3 is 1.90 bits per heavy atom. The molecule has 0 N–H and O–H groups in total. The molecule has 150 valence electrons. The molecule has 2 aliphatic heterocycles. The second-order valence-corrected chi connectivity index (χ2v) is 7.35. The van der Waals surface area contributed by atoms with Gasteiger partial charge in [-0.15, -0.1) is 0 Å². The molecule has 0 aromatic heterocycles. The lowest BCUT2D eigenvalue weighted by molar-refractivity contribution is -0.132. The lowest BCUT2D eigenvalue weighted by Crippen LogP contribution is -2.42. The summed E-state index contributed by atoms with van der Waals surface area (Å²) in [4.78, 5) is 55.2. The Bertz CT molecular complexity index is 1310. The van der Waals surface area contributed by atoms with Crippen molar-refractivity contribution in [2.45, 2.75) is 6.92 Å². The summed E-state index contributed by atoms with van der Waals surface area (Å²) in [6.07, 6.45) is 0. The number of benzene rings is 3. The summed E-state index contributed by atoms with van der Waals surface area (Å²) < 4.78 is 0. The van der Waals surface area contributed by atoms with Gasteiger partial charge in [-0.25, -0.2) is 0 Å². The summed E-state index contributed by atoms with van der Waals surface area (Å²) in [5, 5.41) is 0. The van der Waals surface area contributed by atoms with Gasteiger partial charge in [-0.3, -0.25) is 29.0 Å². The number of rotatable bonds is 3. The van der Waals surface area contributed by atoms with E-state index in [0.29, 0.717) is 17.1 Å². The molecule has 0 bridgehead atoms. The predicted octanol–water partition coefficient (Wildman–Crippen LogP) is 3.73. The minimum absolute atomic E-state index is 0.205. The Balaban J connectivity index is 1.76. The van der Waals surface area contributed by atoms with Crippen LogP contribution in [0.3, 0.4) is 0 Å². The fourth-order valence-corrected chi connectivity index (χ4v) is 3.91. The van der Waals surface area contributed by atoms with Crippen molar-refractivity contribution in [3.8, 4) is 0 Å². The van der Waals surface area contributed by atoms with Gasteiger partial charge >= 0.3 is 5.91 Å². The van der Waals surface area contributed by atoms with E-state index in [4.69, 9.17) is 0 Å². The number of anilines is 3. The number of carbonyl (C=O) groups excluding carboxylic acids is 4. The van der Waals surface area contributed by atoms with E-state index >= 15 is 0 Å². The van der Waals surface area contributed by atoms with Gasteiger partial charge in [0.2, 0.25) is 0 Å². The van der Waals surface area contributed by atoms with Gasteiger partial charge in [0.05, 0.1) is 11.4 Å². The molecule has 2 heterocycles. The van der Waals surface area contributed by atoms with E-state index in [-0.39, 0.29) is 11.3 Å². The molecule has 5 rings (SSSR count). The molecule has 0 aliphatic carbocycles. The maximum atomic E-state index is 13.6. The molecule has 3 aromatic rings. The van der Waals surface area contributed by atoms with E-state index in [2.05, 4.69) is 0 Å². The Morgan fingerprint density at radius 1 is 0.677 bits per heavy atom. The van der Waals surface area contributed by atoms with Gasteiger partial charge in [0.25, 0.3) is 11.7 Å². The minimum Gasteiger partial charge on any atom is -0.288 e. The Hall–Kier alpha value is -4.32. The zero-order valence-corrected chi connectivity index (χ0v) is 16.5. The molecular weight excluding hydrogens is 392 g/mol. The minimum atomic E-state index is -0.973. The Kier molecular flexibility index (Phi) is 4.15. The number of Topliss-reactive ketones (excluding diaryl/α,β-unsaturated/α-hetero) is 2. The molecule has 6 nitrogen and oxygen atoms in total. The number of para-hydroxylation sites is 3. The second kappa shape index (κ2) is 6.88. The maximum Gasteiger partial charge on any atom is 0.304 e. The third-order valence-corrected chi connectivity index (χ3v) is 5.41. The van der Waals surface area contributed by atoms with Crippen molar-refractivity contribution in [2.24, 2.45) is 0 Å². The number of carbonyl (C=O) groups is 4. The number of nitrogens with zero attached hydrogens (tertiary/aromatic N) is 2. The summed E-state index contributed by atoms with van der Waals surface area (Å²) in [6, 6.07) is 22.4. The highest BCUT2D eigenvalue weighted by atomic mass is 16.2. The summed E-state index contributed by atoms with van der Waals surface area (Å²) in [5.74, 6) is -3.12. The normalized spacial score (nSPS) is 15.3. The van der Waals surface area contributed by atoms with Crippen LogP contribution in [-0.4, -0.2) is 23.4 Å². The zero-order valence-electron chi connectivity index (χ0n) is 16.5. The number of amides is 2. The average molecular weight is 408 g/mol. The zero-order chi connectivity index (χ0) is 21.7. The van der Waals surface area contributed by atoms with Gasteiger partial charge in [0.15, 0.2) is 5.78 Å². The molecule has 6 heteroatoms. The van der Waals surface area contributed by atoms with Gasteiger partial charge in [0, 0.05) is 11.3 Å². The fourth-order valence-electron chi connectivity index (χ4n) is 3.91. The first-order valence-electron chi connectivity index (χ1n) is 9.72. The average Bonchev–Trinajstić information content (AvgIpc) is 3.06. The highest BCUT2D eigenvalue weighted by Gasteiger charge is 2.50. The number of hydrogen-bond acceptors (Lipinski definition) is 4. The molecule has 0 atom stereocenters. The van der Waals surface area contributed by atoms with Crippen molar-refractivity contribution >= 4 is 40.4 Å². The molecule has 0 radical (unpaired) electrons. The molecule has 2 amide bonds. The van der Waals surface area contributed by atoms with Crippen LogP contribution in [-0.2, 0) is 14.4 Å². The van der Waals surface area contributed by atoms with Crippen LogP contribution in [0.2, 0.25) is 0 Å². The molecule has 0 unspecified atom stereocenters. The second-order valence-electron chi connectivity index (χ2n) is 7.35. The van der Waals surface area contributed by atoms with Gasteiger partial charge in [0.1, 0.15) is 11.3 Å². The summed E-state index contributed by atoms with van der Waals surface area (Å²) in [5.41, 5.74) is 2.01. The first kappa shape index (κ1) is 18.7. The lowest BCUT2D eigenvalue weighted by atomic mass is 9.98. The van der Waals surface area contributed by atoms with Crippen LogP contribution in [0.4, 0.5) is 17.1 Å². The summed E-state index contributed by atoms with van der Waals surface area (Å²) >= 11 is 0. The smallest absolute Gasteiger partial charge is 0.288 e. The van der Waals surface area contributed by atoms with Crippen molar-refractivity contribution in [1.29, 1.82) is 0 Å². The first-order chi connectivity index (χ1) is 15.0. The largest absolute Gasteiger partial charge is 0.304 e. The van der Waals surface area contributed by atoms with Crippen molar-refractivity contribution in [3.05, 3.63) is 101 Å². The van der Waals surface area contributed by atoms with E-state index in [1.165, 1.54) is 4.90 Å². The molecule has 2 aliphatic rings. The van der Waals surface area contributed by atoms with E-state index in [1.807, 2.05) is 13.0 Å². The maximum absolute atomic E-state index is 13.6. The fraction of sp³-hybridized carbons (Fsp3) is 0.0400. The highest BCUT2D eigenvalue weighted by molar-refractivity contribution is 6.60. The molecule has 0 saturated carbocycles. The molecule has 0 saturated heterocycles. The van der Waals surface area contributed by atoms with Crippen molar-refractivity contribution in [3.63, 3.8) is 0 Å². The molecule has 31 heavy (non-hydrogen) atoms. The lowest BCUT2D eigenvalue weighted by Gasteiger charge is -2.35. The van der Waals surface area contributed by atoms with E-state index in [0.717, 1.165) is 10.5 Å². The van der Waals surface area contributed by atoms with Gasteiger partial charge in [-0.1, -0.05) is 60.2 Å². The van der Waals surface area contributed by atoms with Crippen molar-refractivity contribution in [1.82, 2.24) is 0 Å². The third kappa shape index (κ3) is 2.73. The molecule has 3 aromatic carbocycles. The third-order valence-electron chi connectivity index (χ3n) is 5.41. The van der Waals surface area contributed by atoms with Crippen LogP contribution in [0.5, 0.6) is 0 Å². The number of hydrogen-bond donors (Lipinski definition) is 0. The van der Waals surface area contributed by atoms with Gasteiger partial charge in [-0.2, -0.15) is 0 Å². The summed E-state index contributed by atoms with van der Waals surface area (Å²) in [6.45, 7) is 1.88. The predicted molar refractivity (Wildman–Crippen MR) is 115 cm³/mol. The Morgan fingerprint density at radius 2 is 1.26 bits per heavy atom. The van der Waals surface area contributed by atoms with Crippen molar-refractivity contribution in [2.75, 3.05) is 9.80 Å². The van der Waals surface area contributed by atoms with Crippen LogP contribution < -0.4 is 9.80 Å². The summed E-state index contributed by atoms with van der Waals surface area (Å²) in [7, 11) is 0. The number of ketones is 2. The number of fused-ring (bicyclic) bond motifs is 3. The quantitative estimate of drug-likeness (QED) is 0.376. The number of aryl methyl sites for hydroxylation is 1. The van der Waals surface area contributed by atoms with Crippen molar-refractivity contribution < 1.29 is 19.2 Å². The van der Waals surface area contributed by atoms with Gasteiger partial charge in [-0.05, 0) is 31.2 Å². The SMILES string of the molecule is Cc1ccc(C(=O)C2=C3C(=O)N(c4ccccc4)c4ccccc4N3C(=O)C2=O)cc1. The van der Waals surface area contributed by atoms with E-state index in [1.54, 1.807) is 72.8 Å². The molecular formula is C25H16N2O4. The van der Waals surface area contributed by atoms with Crippen LogP contribution in [0.1, 0.15) is 15.9 Å². The van der Waals surface area contributed by atoms with E-state index in [9.17, 15) is 19.2 Å². The first-order valence-corrected chi connectivity index (χ1v) is 9.72. The van der Waals surface area contributed by atoms with E-state index < -0.39 is 29.0 Å².